The van der Waals surface area contributed by atoms with E-state index in [0.717, 1.165) is 27.5 Å². The molecule has 2 aliphatic heterocycles. The third-order valence-corrected chi connectivity index (χ3v) is 8.63. The predicted molar refractivity (Wildman–Crippen MR) is 136 cm³/mol. The van der Waals surface area contributed by atoms with E-state index in [1.165, 1.54) is 16.7 Å². The lowest BCUT2D eigenvalue weighted by Crippen LogP contribution is -2.32. The molecule has 0 radical (unpaired) electrons. The van der Waals surface area contributed by atoms with Crippen LogP contribution in [0.5, 0.6) is 0 Å². The lowest BCUT2D eigenvalue weighted by molar-refractivity contribution is -0.122. The predicted octanol–water partition coefficient (Wildman–Crippen LogP) is 3.47. The molecule has 2 aromatic carbocycles. The number of nitrogens with zero attached hydrogens (tertiary/aromatic N) is 2. The van der Waals surface area contributed by atoms with E-state index in [2.05, 4.69) is 4.98 Å². The van der Waals surface area contributed by atoms with Gasteiger partial charge in [0.15, 0.2) is 0 Å². The van der Waals surface area contributed by atoms with Gasteiger partial charge in [0.25, 0.3) is 0 Å². The minimum absolute atomic E-state index is 0.205. The zero-order valence-corrected chi connectivity index (χ0v) is 20.9. The molecule has 35 heavy (non-hydrogen) atoms. The van der Waals surface area contributed by atoms with Crippen molar-refractivity contribution in [2.24, 2.45) is 5.92 Å². The third-order valence-electron chi connectivity index (χ3n) is 6.23. The zero-order chi connectivity index (χ0) is 24.9. The molecule has 3 aromatic rings. The van der Waals surface area contributed by atoms with Crippen LogP contribution in [0.2, 0.25) is 0 Å². The summed E-state index contributed by atoms with van der Waals surface area (Å²) >= 11 is 2.33. The maximum absolute atomic E-state index is 13.8. The molecule has 1 saturated heterocycles. The van der Waals surface area contributed by atoms with Gasteiger partial charge in [-0.25, -0.2) is 9.69 Å². The molecule has 2 aliphatic rings. The summed E-state index contributed by atoms with van der Waals surface area (Å²) in [5.74, 6) is -2.18. The van der Waals surface area contributed by atoms with Crippen molar-refractivity contribution >= 4 is 52.3 Å². The van der Waals surface area contributed by atoms with Gasteiger partial charge in [-0.15, -0.1) is 0 Å². The largest absolute Gasteiger partial charge is 0.462 e. The van der Waals surface area contributed by atoms with Gasteiger partial charge < -0.3 is 14.6 Å². The van der Waals surface area contributed by atoms with Gasteiger partial charge >= 0.3 is 10.8 Å². The van der Waals surface area contributed by atoms with E-state index in [1.54, 1.807) is 31.2 Å². The van der Waals surface area contributed by atoms with Gasteiger partial charge in [-0.3, -0.25) is 14.4 Å². The van der Waals surface area contributed by atoms with Crippen molar-refractivity contribution in [2.45, 2.75) is 23.1 Å². The lowest BCUT2D eigenvalue weighted by Gasteiger charge is -2.30. The molecule has 2 amide bonds. The number of carbonyl (C=O) groups excluding carboxylic acids is 3. The summed E-state index contributed by atoms with van der Waals surface area (Å²) in [7, 11) is 3.89. The molecule has 1 N–H and O–H groups in total. The number of ether oxygens (including phenoxy) is 1. The monoisotopic (exact) mass is 509 g/mol. The number of imide groups is 1. The van der Waals surface area contributed by atoms with E-state index in [1.807, 2.05) is 43.3 Å². The highest BCUT2D eigenvalue weighted by molar-refractivity contribution is 8.00. The molecule has 0 saturated carbocycles. The average Bonchev–Trinajstić information content (AvgIpc) is 3.34. The number of rotatable bonds is 5. The van der Waals surface area contributed by atoms with E-state index in [0.29, 0.717) is 16.3 Å². The highest BCUT2D eigenvalue weighted by atomic mass is 32.2. The summed E-state index contributed by atoms with van der Waals surface area (Å²) in [4.78, 5) is 58.1. The Morgan fingerprint density at radius 3 is 2.34 bits per heavy atom. The van der Waals surface area contributed by atoms with Crippen molar-refractivity contribution in [3.8, 4) is 0 Å². The molecule has 5 rings (SSSR count). The Morgan fingerprint density at radius 2 is 1.71 bits per heavy atom. The van der Waals surface area contributed by atoms with Crippen molar-refractivity contribution in [3.63, 3.8) is 0 Å². The molecule has 3 unspecified atom stereocenters. The first-order valence-electron chi connectivity index (χ1n) is 11.1. The van der Waals surface area contributed by atoms with Crippen LogP contribution in [0.4, 0.5) is 11.4 Å². The van der Waals surface area contributed by atoms with Gasteiger partial charge in [0.1, 0.15) is 5.25 Å². The normalized spacial score (nSPS) is 21.0. The van der Waals surface area contributed by atoms with E-state index < -0.39 is 23.1 Å². The number of carbonyl (C=O) groups is 3. The first kappa shape index (κ1) is 23.4. The van der Waals surface area contributed by atoms with Crippen LogP contribution in [0, 0.1) is 5.92 Å². The first-order chi connectivity index (χ1) is 16.8. The second kappa shape index (κ2) is 9.01. The number of aromatic nitrogens is 1. The first-order valence-corrected chi connectivity index (χ1v) is 12.8. The fourth-order valence-electron chi connectivity index (χ4n) is 4.57. The maximum Gasteiger partial charge on any atom is 0.338 e. The molecule has 3 heterocycles. The topological polar surface area (TPSA) is 99.8 Å². The second-order valence-electron chi connectivity index (χ2n) is 8.51. The van der Waals surface area contributed by atoms with Crippen LogP contribution in [0.15, 0.2) is 58.4 Å². The van der Waals surface area contributed by atoms with Crippen LogP contribution >= 0.6 is 23.1 Å². The van der Waals surface area contributed by atoms with Gasteiger partial charge in [-0.1, -0.05) is 35.2 Å². The van der Waals surface area contributed by atoms with Crippen molar-refractivity contribution in [2.75, 3.05) is 30.5 Å². The molecule has 0 spiro atoms. The number of amides is 2. The fourth-order valence-corrected chi connectivity index (χ4v) is 7.09. The molecular weight excluding hydrogens is 486 g/mol. The third kappa shape index (κ3) is 3.96. The Balaban J connectivity index is 1.54. The summed E-state index contributed by atoms with van der Waals surface area (Å²) in [5.41, 5.74) is 2.64. The number of fused-ring (bicyclic) bond motifs is 2. The molecule has 0 bridgehead atoms. The van der Waals surface area contributed by atoms with E-state index in [-0.39, 0.29) is 23.3 Å². The SMILES string of the molecule is CCOC(=O)c1ccc(N2C(=O)C3Sc4[nH]c(=O)sc4C(c4ccc(N(C)C)cc4)C3C2=O)cc1. The number of anilines is 2. The highest BCUT2D eigenvalue weighted by Gasteiger charge is 2.56. The lowest BCUT2D eigenvalue weighted by atomic mass is 9.83. The quantitative estimate of drug-likeness (QED) is 0.415. The van der Waals surface area contributed by atoms with Crippen LogP contribution in [0.25, 0.3) is 0 Å². The van der Waals surface area contributed by atoms with E-state index in [4.69, 9.17) is 4.74 Å². The Bertz CT molecular complexity index is 1360. The Labute approximate surface area is 209 Å². The molecule has 1 fully saturated rings. The minimum Gasteiger partial charge on any atom is -0.462 e. The summed E-state index contributed by atoms with van der Waals surface area (Å²) < 4.78 is 5.01. The van der Waals surface area contributed by atoms with E-state index >= 15 is 0 Å². The van der Waals surface area contributed by atoms with Crippen LogP contribution in [-0.2, 0) is 14.3 Å². The molecule has 1 aromatic heterocycles. The molecule has 8 nitrogen and oxygen atoms in total. The van der Waals surface area contributed by atoms with Gasteiger partial charge in [0.05, 0.1) is 28.8 Å². The Hall–Kier alpha value is -3.37. The number of esters is 1. The maximum atomic E-state index is 13.8. The number of thiazole rings is 1. The van der Waals surface area contributed by atoms with Gasteiger partial charge in [0, 0.05) is 30.6 Å². The van der Waals surface area contributed by atoms with Crippen molar-refractivity contribution in [1.29, 1.82) is 0 Å². The van der Waals surface area contributed by atoms with Crippen molar-refractivity contribution in [1.82, 2.24) is 4.98 Å². The summed E-state index contributed by atoms with van der Waals surface area (Å²) in [6, 6.07) is 14.1. The van der Waals surface area contributed by atoms with Crippen LogP contribution < -0.4 is 14.7 Å². The second-order valence-corrected chi connectivity index (χ2v) is 10.7. The number of H-pyrrole nitrogens is 1. The minimum atomic E-state index is -0.663. The molecule has 3 atom stereocenters. The average molecular weight is 510 g/mol. The molecule has 0 aliphatic carbocycles. The molecule has 180 valence electrons. The van der Waals surface area contributed by atoms with Crippen LogP contribution in [-0.4, -0.2) is 48.7 Å². The van der Waals surface area contributed by atoms with Crippen LogP contribution in [0.1, 0.15) is 33.6 Å². The van der Waals surface area contributed by atoms with E-state index in [9.17, 15) is 19.2 Å². The molecule has 10 heteroatoms. The Morgan fingerprint density at radius 1 is 1.03 bits per heavy atom. The number of hydrogen-bond acceptors (Lipinski definition) is 8. The van der Waals surface area contributed by atoms with Gasteiger partial charge in [0.2, 0.25) is 11.8 Å². The fraction of sp³-hybridized carbons (Fsp3) is 0.280. The number of benzene rings is 2. The number of hydrogen-bond donors (Lipinski definition) is 1. The smallest absolute Gasteiger partial charge is 0.338 e. The summed E-state index contributed by atoms with van der Waals surface area (Å²) in [6.07, 6.45) is 0. The van der Waals surface area contributed by atoms with Gasteiger partial charge in [-0.2, -0.15) is 0 Å². The standard InChI is InChI=1S/C25H23N3O5S2/c1-4-33-24(31)14-7-11-16(12-8-14)28-22(29)18-17(13-5-9-15(10-6-13)27(2)3)19-21(26-25(32)35-19)34-20(18)23(28)30/h5-12,17-18,20H,4H2,1-3H3,(H,26,32). The summed E-state index contributed by atoms with van der Waals surface area (Å²) in [5, 5.41) is -0.0212. The van der Waals surface area contributed by atoms with Crippen LogP contribution in [0.3, 0.4) is 0 Å². The number of nitrogens with one attached hydrogen (secondary N) is 1. The van der Waals surface area contributed by atoms with Gasteiger partial charge in [-0.05, 0) is 48.9 Å². The van der Waals surface area contributed by atoms with Crippen molar-refractivity contribution in [3.05, 3.63) is 74.2 Å². The number of thioether (sulfide) groups is 1. The highest BCUT2D eigenvalue weighted by Crippen LogP contribution is 2.53. The van der Waals surface area contributed by atoms with Crippen molar-refractivity contribution < 1.29 is 19.1 Å². The Kier molecular flexibility index (Phi) is 6.02. The molecular formula is C25H23N3O5S2. The zero-order valence-electron chi connectivity index (χ0n) is 19.3. The summed E-state index contributed by atoms with van der Waals surface area (Å²) in [6.45, 7) is 1.98. The number of aromatic amines is 1.